The van der Waals surface area contributed by atoms with Gasteiger partial charge in [-0.25, -0.2) is 14.4 Å². The summed E-state index contributed by atoms with van der Waals surface area (Å²) < 4.78 is 5.01. The molecule has 270 valence electrons. The summed E-state index contributed by atoms with van der Waals surface area (Å²) in [4.78, 5) is 55.4. The number of carboxylic acids is 1. The Bertz CT molecular complexity index is 2040. The molecule has 0 fully saturated rings. The number of nitrogens with one attached hydrogen (secondary N) is 2. The van der Waals surface area contributed by atoms with E-state index in [1.165, 1.54) is 29.3 Å². The maximum absolute atomic E-state index is 15.2. The molecule has 3 unspecified atom stereocenters. The largest absolute Gasteiger partial charge is 0.478 e. The van der Waals surface area contributed by atoms with E-state index in [2.05, 4.69) is 34.9 Å². The topological polar surface area (TPSA) is 125 Å². The van der Waals surface area contributed by atoms with Gasteiger partial charge < -0.3 is 25.4 Å². The lowest BCUT2D eigenvalue weighted by molar-refractivity contribution is -0.138. The second-order valence-electron chi connectivity index (χ2n) is 13.2. The molecule has 0 aliphatic heterocycles. The van der Waals surface area contributed by atoms with Crippen molar-refractivity contribution in [1.29, 1.82) is 0 Å². The van der Waals surface area contributed by atoms with Gasteiger partial charge in [0.1, 0.15) is 6.04 Å². The molecule has 0 aromatic heterocycles. The van der Waals surface area contributed by atoms with Gasteiger partial charge in [-0.2, -0.15) is 0 Å². The molecule has 0 spiro atoms. The van der Waals surface area contributed by atoms with Gasteiger partial charge in [-0.05, 0) is 78.1 Å². The van der Waals surface area contributed by atoms with Crippen molar-refractivity contribution in [2.24, 2.45) is 5.92 Å². The molecule has 6 rings (SSSR count). The number of benzene rings is 5. The number of aryl methyl sites for hydroxylation is 1. The van der Waals surface area contributed by atoms with Crippen molar-refractivity contribution in [3.05, 3.63) is 172 Å². The number of hydrogen-bond acceptors (Lipinski definition) is 5. The van der Waals surface area contributed by atoms with Crippen LogP contribution in [0.15, 0.2) is 133 Å². The van der Waals surface area contributed by atoms with Crippen molar-refractivity contribution < 1.29 is 29.0 Å². The second kappa shape index (κ2) is 17.3. The molecule has 0 radical (unpaired) electrons. The molecule has 3 atom stereocenters. The first-order chi connectivity index (χ1) is 25.8. The Hall–Kier alpha value is -6.22. The highest BCUT2D eigenvalue weighted by atomic mass is 16.5. The number of carbonyl (C=O) groups is 4. The minimum absolute atomic E-state index is 0.0812. The SMILES string of the molecule is CCOC(=O)c1ccc(NC(=O)NC(Cc2ccccc2)C(=O)N(Cc2ccccc2)C2c3ccccc3CCC2Cc2ccccc2)cc1C(=O)O. The van der Waals surface area contributed by atoms with E-state index in [9.17, 15) is 19.5 Å². The Morgan fingerprint density at radius 3 is 2.06 bits per heavy atom. The fourth-order valence-electron chi connectivity index (χ4n) is 7.21. The first-order valence-corrected chi connectivity index (χ1v) is 17.9. The summed E-state index contributed by atoms with van der Waals surface area (Å²) in [6.45, 7) is 2.04. The van der Waals surface area contributed by atoms with Crippen molar-refractivity contribution in [2.75, 3.05) is 11.9 Å². The fraction of sp³-hybridized carbons (Fsp3) is 0.227. The normalized spacial score (nSPS) is 15.3. The number of esters is 1. The number of carboxylic acid groups (broad SMARTS) is 1. The van der Waals surface area contributed by atoms with Gasteiger partial charge in [-0.1, -0.05) is 115 Å². The van der Waals surface area contributed by atoms with Crippen molar-refractivity contribution >= 4 is 29.6 Å². The lowest BCUT2D eigenvalue weighted by Crippen LogP contribution is -2.53. The molecule has 0 saturated carbocycles. The highest BCUT2D eigenvalue weighted by Crippen LogP contribution is 2.41. The van der Waals surface area contributed by atoms with E-state index in [0.29, 0.717) is 6.54 Å². The first-order valence-electron chi connectivity index (χ1n) is 17.9. The molecule has 3 N–H and O–H groups in total. The molecule has 9 nitrogen and oxygen atoms in total. The monoisotopic (exact) mass is 709 g/mol. The van der Waals surface area contributed by atoms with Gasteiger partial charge >= 0.3 is 18.0 Å². The molecule has 0 saturated heterocycles. The minimum Gasteiger partial charge on any atom is -0.478 e. The molecule has 1 aliphatic rings. The Morgan fingerprint density at radius 1 is 0.774 bits per heavy atom. The van der Waals surface area contributed by atoms with Crippen LogP contribution in [-0.4, -0.2) is 46.5 Å². The highest BCUT2D eigenvalue weighted by Gasteiger charge is 2.39. The van der Waals surface area contributed by atoms with Gasteiger partial charge in [-0.3, -0.25) is 4.79 Å². The summed E-state index contributed by atoms with van der Waals surface area (Å²) in [7, 11) is 0. The van der Waals surface area contributed by atoms with Crippen LogP contribution in [0.3, 0.4) is 0 Å². The third kappa shape index (κ3) is 9.18. The Morgan fingerprint density at radius 2 is 1.40 bits per heavy atom. The number of ether oxygens (including phenoxy) is 1. The molecule has 0 bridgehead atoms. The van der Waals surface area contributed by atoms with Crippen LogP contribution in [0.25, 0.3) is 0 Å². The number of amides is 3. The molecule has 1 aliphatic carbocycles. The van der Waals surface area contributed by atoms with Crippen LogP contribution in [0.2, 0.25) is 0 Å². The van der Waals surface area contributed by atoms with Crippen LogP contribution in [-0.2, 0) is 35.3 Å². The average Bonchev–Trinajstić information content (AvgIpc) is 3.18. The van der Waals surface area contributed by atoms with Crippen molar-refractivity contribution in [2.45, 2.75) is 51.2 Å². The van der Waals surface area contributed by atoms with E-state index < -0.39 is 24.0 Å². The predicted molar refractivity (Wildman–Crippen MR) is 204 cm³/mol. The van der Waals surface area contributed by atoms with E-state index in [1.807, 2.05) is 95.9 Å². The van der Waals surface area contributed by atoms with Crippen molar-refractivity contribution in [1.82, 2.24) is 10.2 Å². The zero-order valence-electron chi connectivity index (χ0n) is 29.6. The third-order valence-corrected chi connectivity index (χ3v) is 9.65. The number of carbonyl (C=O) groups excluding carboxylic acids is 3. The zero-order valence-corrected chi connectivity index (χ0v) is 29.6. The molecule has 5 aromatic rings. The quantitative estimate of drug-likeness (QED) is 0.107. The van der Waals surface area contributed by atoms with Crippen LogP contribution < -0.4 is 10.6 Å². The number of fused-ring (bicyclic) bond motifs is 1. The average molecular weight is 710 g/mol. The maximum Gasteiger partial charge on any atom is 0.338 e. The molecule has 3 amide bonds. The predicted octanol–water partition coefficient (Wildman–Crippen LogP) is 7.87. The van der Waals surface area contributed by atoms with Gasteiger partial charge in [0.2, 0.25) is 5.91 Å². The van der Waals surface area contributed by atoms with Gasteiger partial charge in [0.15, 0.2) is 0 Å². The van der Waals surface area contributed by atoms with Crippen LogP contribution in [0, 0.1) is 5.92 Å². The van der Waals surface area contributed by atoms with Crippen molar-refractivity contribution in [3.8, 4) is 0 Å². The molecule has 9 heteroatoms. The Kier molecular flexibility index (Phi) is 12.0. The van der Waals surface area contributed by atoms with Crippen molar-refractivity contribution in [3.63, 3.8) is 0 Å². The number of anilines is 1. The minimum atomic E-state index is -1.34. The third-order valence-electron chi connectivity index (χ3n) is 9.65. The van der Waals surface area contributed by atoms with E-state index in [0.717, 1.165) is 36.0 Å². The standard InChI is InChI=1S/C44H43N3O6/c1-2-53-43(51)37-25-24-35(28-38(37)42(49)50)45-44(52)46-39(27-31-16-8-4-9-17-31)41(48)47(29-32-18-10-5-11-19-32)40-34(26-30-14-6-3-7-15-30)23-22-33-20-12-13-21-36(33)40/h3-21,24-25,28,34,39-40H,2,22-23,26-27,29H2,1H3,(H,49,50)(H2,45,46,52). The van der Waals surface area contributed by atoms with E-state index in [-0.39, 0.29) is 47.7 Å². The van der Waals surface area contributed by atoms with Gasteiger partial charge in [-0.15, -0.1) is 0 Å². The Balaban J connectivity index is 1.36. The molecular formula is C44H43N3O6. The van der Waals surface area contributed by atoms with Crippen LogP contribution >= 0.6 is 0 Å². The first kappa shape index (κ1) is 36.6. The number of aromatic carboxylic acids is 1. The van der Waals surface area contributed by atoms with Gasteiger partial charge in [0.25, 0.3) is 0 Å². The number of urea groups is 1. The van der Waals surface area contributed by atoms with Crippen LogP contribution in [0.4, 0.5) is 10.5 Å². The maximum atomic E-state index is 15.2. The fourth-order valence-corrected chi connectivity index (χ4v) is 7.21. The summed E-state index contributed by atoms with van der Waals surface area (Å²) in [5.74, 6) is -2.25. The highest BCUT2D eigenvalue weighted by molar-refractivity contribution is 6.04. The smallest absolute Gasteiger partial charge is 0.338 e. The zero-order chi connectivity index (χ0) is 37.2. The van der Waals surface area contributed by atoms with E-state index >= 15 is 4.79 Å². The molecule has 53 heavy (non-hydrogen) atoms. The molecule has 5 aromatic carbocycles. The summed E-state index contributed by atoms with van der Waals surface area (Å²) >= 11 is 0. The van der Waals surface area contributed by atoms with Crippen LogP contribution in [0.5, 0.6) is 0 Å². The van der Waals surface area contributed by atoms with Crippen LogP contribution in [0.1, 0.15) is 67.9 Å². The van der Waals surface area contributed by atoms with E-state index in [1.54, 1.807) is 6.92 Å². The summed E-state index contributed by atoms with van der Waals surface area (Å²) in [6, 6.07) is 40.0. The summed E-state index contributed by atoms with van der Waals surface area (Å²) in [6.07, 6.45) is 2.79. The van der Waals surface area contributed by atoms with E-state index in [4.69, 9.17) is 4.74 Å². The lowest BCUT2D eigenvalue weighted by atomic mass is 9.75. The number of hydrogen-bond donors (Lipinski definition) is 3. The number of rotatable bonds is 13. The second-order valence-corrected chi connectivity index (χ2v) is 13.2. The Labute approximate surface area is 309 Å². The lowest BCUT2D eigenvalue weighted by Gasteiger charge is -2.43. The van der Waals surface area contributed by atoms with Gasteiger partial charge in [0.05, 0.1) is 23.8 Å². The van der Waals surface area contributed by atoms with Gasteiger partial charge in [0, 0.05) is 18.7 Å². The molecule has 0 heterocycles. The summed E-state index contributed by atoms with van der Waals surface area (Å²) in [5, 5.41) is 15.5. The molecular weight excluding hydrogens is 666 g/mol. The number of nitrogens with zero attached hydrogens (tertiary/aromatic N) is 1. The summed E-state index contributed by atoms with van der Waals surface area (Å²) in [5.41, 5.74) is 5.04.